The molecular formula is C26H31N7O. The molecule has 1 N–H and O–H groups in total. The summed E-state index contributed by atoms with van der Waals surface area (Å²) in [6, 6.07) is 8.72. The highest BCUT2D eigenvalue weighted by molar-refractivity contribution is 5.80. The lowest BCUT2D eigenvalue weighted by molar-refractivity contribution is -0.133. The number of piperazine rings is 1. The van der Waals surface area contributed by atoms with Crippen molar-refractivity contribution in [2.24, 2.45) is 13.0 Å². The fourth-order valence-electron chi connectivity index (χ4n) is 4.71. The summed E-state index contributed by atoms with van der Waals surface area (Å²) in [5.74, 6) is 0.763. The first-order valence-electron chi connectivity index (χ1n) is 11.8. The minimum atomic E-state index is 0.162. The maximum atomic E-state index is 12.6. The van der Waals surface area contributed by atoms with Gasteiger partial charge in [0, 0.05) is 43.5 Å². The van der Waals surface area contributed by atoms with E-state index in [1.165, 1.54) is 0 Å². The predicted molar refractivity (Wildman–Crippen MR) is 132 cm³/mol. The van der Waals surface area contributed by atoms with Crippen LogP contribution in [0.5, 0.6) is 0 Å². The molecule has 0 saturated carbocycles. The van der Waals surface area contributed by atoms with Crippen molar-refractivity contribution in [2.45, 2.75) is 39.8 Å². The van der Waals surface area contributed by atoms with Gasteiger partial charge in [-0.1, -0.05) is 26.0 Å². The van der Waals surface area contributed by atoms with Crippen molar-refractivity contribution in [1.29, 1.82) is 0 Å². The Labute approximate surface area is 199 Å². The van der Waals surface area contributed by atoms with Crippen LogP contribution in [0.1, 0.15) is 31.4 Å². The fourth-order valence-corrected chi connectivity index (χ4v) is 4.71. The highest BCUT2D eigenvalue weighted by atomic mass is 16.2. The van der Waals surface area contributed by atoms with Crippen LogP contribution < -0.4 is 5.32 Å². The number of hydrogen-bond acceptors (Lipinski definition) is 5. The van der Waals surface area contributed by atoms with E-state index in [9.17, 15) is 4.79 Å². The minimum Gasteiger partial charge on any atom is -0.336 e. The smallest absolute Gasteiger partial charge is 0.236 e. The van der Waals surface area contributed by atoms with Crippen molar-refractivity contribution in [3.8, 4) is 22.5 Å². The van der Waals surface area contributed by atoms with Gasteiger partial charge in [-0.05, 0) is 42.5 Å². The topological polar surface area (TPSA) is 80.4 Å². The molecule has 1 amide bonds. The van der Waals surface area contributed by atoms with E-state index >= 15 is 0 Å². The number of carbonyl (C=O) groups is 1. The molecule has 8 heteroatoms. The van der Waals surface area contributed by atoms with Crippen molar-refractivity contribution in [3.05, 3.63) is 60.2 Å². The number of aromatic nitrogens is 5. The van der Waals surface area contributed by atoms with Crippen LogP contribution in [0.3, 0.4) is 0 Å². The standard InChI is InChI=1S/C26H31N7O/c1-17(2)9-22-15-32(25(34)12-27-22)14-20-6-5-19(10-18(20)3)26-24-7-8-28-33(24)16-23(30-26)21-11-29-31(4)13-21/h5-8,10-11,13,16-17,22,27H,9,12,14-15H2,1-4H3. The van der Waals surface area contributed by atoms with E-state index in [2.05, 4.69) is 54.5 Å². The molecule has 0 aliphatic carbocycles. The molecule has 0 bridgehead atoms. The lowest BCUT2D eigenvalue weighted by Crippen LogP contribution is -2.54. The fraction of sp³-hybridized carbons (Fsp3) is 0.385. The number of hydrogen-bond donors (Lipinski definition) is 1. The lowest BCUT2D eigenvalue weighted by Gasteiger charge is -2.34. The van der Waals surface area contributed by atoms with E-state index in [4.69, 9.17) is 4.98 Å². The number of rotatable bonds is 6. The highest BCUT2D eigenvalue weighted by Gasteiger charge is 2.26. The summed E-state index contributed by atoms with van der Waals surface area (Å²) in [5.41, 5.74) is 6.94. The van der Waals surface area contributed by atoms with Crippen LogP contribution in [0.15, 0.2) is 49.1 Å². The lowest BCUT2D eigenvalue weighted by atomic mass is 9.99. The van der Waals surface area contributed by atoms with E-state index in [1.807, 2.05) is 41.1 Å². The number of nitrogens with one attached hydrogen (secondary N) is 1. The monoisotopic (exact) mass is 457 g/mol. The number of benzene rings is 1. The Bertz CT molecular complexity index is 1340. The van der Waals surface area contributed by atoms with Crippen molar-refractivity contribution >= 4 is 11.4 Å². The average molecular weight is 458 g/mol. The van der Waals surface area contributed by atoms with Crippen molar-refractivity contribution in [2.75, 3.05) is 13.1 Å². The molecule has 34 heavy (non-hydrogen) atoms. The van der Waals surface area contributed by atoms with Crippen LogP contribution in [0.4, 0.5) is 0 Å². The summed E-state index contributed by atoms with van der Waals surface area (Å²) in [6.07, 6.45) is 8.56. The second-order valence-corrected chi connectivity index (χ2v) is 9.66. The third-order valence-corrected chi connectivity index (χ3v) is 6.46. The molecule has 4 heterocycles. The highest BCUT2D eigenvalue weighted by Crippen LogP contribution is 2.28. The molecule has 5 rings (SSSR count). The molecule has 1 unspecified atom stereocenters. The molecule has 1 fully saturated rings. The van der Waals surface area contributed by atoms with E-state index < -0.39 is 0 Å². The maximum Gasteiger partial charge on any atom is 0.236 e. The predicted octanol–water partition coefficient (Wildman–Crippen LogP) is 3.45. The summed E-state index contributed by atoms with van der Waals surface area (Å²) >= 11 is 0. The third-order valence-electron chi connectivity index (χ3n) is 6.46. The zero-order valence-electron chi connectivity index (χ0n) is 20.2. The summed E-state index contributed by atoms with van der Waals surface area (Å²) in [4.78, 5) is 19.5. The van der Waals surface area contributed by atoms with Crippen LogP contribution >= 0.6 is 0 Å². The van der Waals surface area contributed by atoms with Gasteiger partial charge in [-0.3, -0.25) is 9.48 Å². The normalized spacial score (nSPS) is 16.7. The quantitative estimate of drug-likeness (QED) is 0.480. The maximum absolute atomic E-state index is 12.6. The minimum absolute atomic E-state index is 0.162. The molecule has 176 valence electrons. The van der Waals surface area contributed by atoms with Gasteiger partial charge in [-0.25, -0.2) is 9.50 Å². The van der Waals surface area contributed by atoms with Gasteiger partial charge in [0.05, 0.1) is 42.0 Å². The zero-order valence-corrected chi connectivity index (χ0v) is 20.2. The van der Waals surface area contributed by atoms with Crippen LogP contribution in [-0.2, 0) is 18.4 Å². The second kappa shape index (κ2) is 9.02. The van der Waals surface area contributed by atoms with Gasteiger partial charge < -0.3 is 10.2 Å². The number of aryl methyl sites for hydroxylation is 2. The Morgan fingerprint density at radius 3 is 2.74 bits per heavy atom. The van der Waals surface area contributed by atoms with Gasteiger partial charge in [-0.15, -0.1) is 0 Å². The Morgan fingerprint density at radius 2 is 2.00 bits per heavy atom. The van der Waals surface area contributed by atoms with E-state index in [0.717, 1.165) is 52.1 Å². The molecule has 4 aromatic rings. The summed E-state index contributed by atoms with van der Waals surface area (Å²) in [7, 11) is 1.90. The summed E-state index contributed by atoms with van der Waals surface area (Å²) in [5, 5.41) is 12.1. The molecule has 1 aliphatic heterocycles. The first-order valence-corrected chi connectivity index (χ1v) is 11.8. The van der Waals surface area contributed by atoms with Crippen molar-refractivity contribution in [3.63, 3.8) is 0 Å². The summed E-state index contributed by atoms with van der Waals surface area (Å²) in [6.45, 7) is 8.35. The Morgan fingerprint density at radius 1 is 1.15 bits per heavy atom. The van der Waals surface area contributed by atoms with E-state index in [0.29, 0.717) is 25.0 Å². The number of amides is 1. The third kappa shape index (κ3) is 4.46. The summed E-state index contributed by atoms with van der Waals surface area (Å²) < 4.78 is 3.63. The van der Waals surface area contributed by atoms with Gasteiger partial charge in [0.1, 0.15) is 0 Å². The second-order valence-electron chi connectivity index (χ2n) is 9.66. The van der Waals surface area contributed by atoms with Gasteiger partial charge >= 0.3 is 0 Å². The van der Waals surface area contributed by atoms with E-state index in [-0.39, 0.29) is 5.91 Å². The van der Waals surface area contributed by atoms with Crippen LogP contribution in [-0.4, -0.2) is 54.3 Å². The van der Waals surface area contributed by atoms with Crippen LogP contribution in [0.2, 0.25) is 0 Å². The molecule has 3 aromatic heterocycles. The molecular weight excluding hydrogens is 426 g/mol. The van der Waals surface area contributed by atoms with Gasteiger partial charge in [-0.2, -0.15) is 10.2 Å². The molecule has 8 nitrogen and oxygen atoms in total. The Kier molecular flexibility index (Phi) is 5.91. The largest absolute Gasteiger partial charge is 0.336 e. The average Bonchev–Trinajstić information content (AvgIpc) is 3.45. The van der Waals surface area contributed by atoms with Crippen LogP contribution in [0, 0.1) is 12.8 Å². The van der Waals surface area contributed by atoms with Crippen LogP contribution in [0.25, 0.3) is 28.0 Å². The Balaban J connectivity index is 1.44. The number of fused-ring (bicyclic) bond motifs is 1. The van der Waals surface area contributed by atoms with Gasteiger partial charge in [0.25, 0.3) is 0 Å². The first-order chi connectivity index (χ1) is 16.4. The molecule has 1 saturated heterocycles. The Hall–Kier alpha value is -3.52. The SMILES string of the molecule is Cc1cc(-c2nc(-c3cnn(C)c3)cn3nccc23)ccc1CN1CC(CC(C)C)NCC1=O. The molecule has 1 atom stereocenters. The number of carbonyl (C=O) groups excluding carboxylic acids is 1. The van der Waals surface area contributed by atoms with Gasteiger partial charge in [0.2, 0.25) is 5.91 Å². The number of nitrogens with zero attached hydrogens (tertiary/aromatic N) is 6. The van der Waals surface area contributed by atoms with Gasteiger partial charge in [0.15, 0.2) is 0 Å². The molecule has 1 aliphatic rings. The van der Waals surface area contributed by atoms with Crippen molar-refractivity contribution < 1.29 is 4.79 Å². The van der Waals surface area contributed by atoms with Crippen molar-refractivity contribution in [1.82, 2.24) is 34.6 Å². The molecule has 1 aromatic carbocycles. The first kappa shape index (κ1) is 22.3. The molecule has 0 radical (unpaired) electrons. The van der Waals surface area contributed by atoms with E-state index in [1.54, 1.807) is 10.9 Å². The zero-order chi connectivity index (χ0) is 23.8. The molecule has 0 spiro atoms.